The lowest BCUT2D eigenvalue weighted by molar-refractivity contribution is -0.138. The molecule has 1 heterocycles. The number of carbonyl (C=O) groups is 1. The molecule has 0 amide bonds. The van der Waals surface area contributed by atoms with E-state index in [1.54, 1.807) is 10.9 Å². The lowest BCUT2D eigenvalue weighted by atomic mass is 10.2. The molecule has 0 aliphatic rings. The first kappa shape index (κ1) is 11.6. The van der Waals surface area contributed by atoms with Crippen molar-refractivity contribution in [3.63, 3.8) is 0 Å². The third-order valence-corrected chi connectivity index (χ3v) is 2.04. The molecule has 4 N–H and O–H groups in total. The predicted octanol–water partition coefficient (Wildman–Crippen LogP) is -1.29. The zero-order valence-electron chi connectivity index (χ0n) is 8.55. The molecule has 1 aromatic rings. The Bertz CT molecular complexity index is 325. The molecule has 1 rings (SSSR count). The molecule has 15 heavy (non-hydrogen) atoms. The largest absolute Gasteiger partial charge is 0.480 e. The van der Waals surface area contributed by atoms with Gasteiger partial charge in [0.2, 0.25) is 0 Å². The smallest absolute Gasteiger partial charge is 0.320 e. The van der Waals surface area contributed by atoms with Gasteiger partial charge in [-0.25, -0.2) is 0 Å². The molecule has 1 atom stereocenters. The van der Waals surface area contributed by atoms with Crippen molar-refractivity contribution in [3.8, 4) is 0 Å². The topological polar surface area (TPSA) is 106 Å². The fraction of sp³-hybridized carbons (Fsp3) is 0.625. The van der Waals surface area contributed by atoms with Gasteiger partial charge in [-0.3, -0.25) is 4.79 Å². The molecule has 0 saturated carbocycles. The van der Waals surface area contributed by atoms with Crippen molar-refractivity contribution in [2.75, 3.05) is 6.54 Å². The van der Waals surface area contributed by atoms with Gasteiger partial charge in [-0.15, -0.1) is 10.2 Å². The van der Waals surface area contributed by atoms with E-state index in [1.807, 2.05) is 7.05 Å². The van der Waals surface area contributed by atoms with Gasteiger partial charge in [-0.1, -0.05) is 0 Å². The number of hydrogen-bond donors (Lipinski definition) is 3. The van der Waals surface area contributed by atoms with Gasteiger partial charge in [0.05, 0.1) is 6.54 Å². The number of aromatic nitrogens is 3. The Labute approximate surface area is 87.3 Å². The van der Waals surface area contributed by atoms with Crippen LogP contribution in [0.5, 0.6) is 0 Å². The molecule has 0 saturated heterocycles. The summed E-state index contributed by atoms with van der Waals surface area (Å²) in [5.41, 5.74) is 5.33. The number of rotatable bonds is 6. The van der Waals surface area contributed by atoms with Gasteiger partial charge in [0.1, 0.15) is 18.2 Å². The Hall–Kier alpha value is -1.47. The monoisotopic (exact) mass is 213 g/mol. The third-order valence-electron chi connectivity index (χ3n) is 2.04. The van der Waals surface area contributed by atoms with Crippen LogP contribution in [-0.4, -0.2) is 38.4 Å². The van der Waals surface area contributed by atoms with E-state index >= 15 is 0 Å². The minimum Gasteiger partial charge on any atom is -0.480 e. The number of carboxylic acid groups (broad SMARTS) is 1. The van der Waals surface area contributed by atoms with Gasteiger partial charge in [0, 0.05) is 7.05 Å². The second-order valence-corrected chi connectivity index (χ2v) is 3.27. The second kappa shape index (κ2) is 5.42. The Morgan fingerprint density at radius 2 is 2.53 bits per heavy atom. The van der Waals surface area contributed by atoms with E-state index in [2.05, 4.69) is 15.5 Å². The van der Waals surface area contributed by atoms with E-state index < -0.39 is 12.0 Å². The molecule has 0 aliphatic carbocycles. The summed E-state index contributed by atoms with van der Waals surface area (Å²) in [6, 6.07) is -0.808. The number of nitrogens with zero attached hydrogens (tertiary/aromatic N) is 3. The van der Waals surface area contributed by atoms with Crippen molar-refractivity contribution >= 4 is 5.97 Å². The first-order chi connectivity index (χ1) is 7.11. The van der Waals surface area contributed by atoms with Gasteiger partial charge in [0.25, 0.3) is 0 Å². The lowest BCUT2D eigenvalue weighted by Crippen LogP contribution is -2.33. The van der Waals surface area contributed by atoms with E-state index in [1.165, 1.54) is 0 Å². The average Bonchev–Trinajstić information content (AvgIpc) is 2.58. The highest BCUT2D eigenvalue weighted by molar-refractivity contribution is 5.72. The maximum absolute atomic E-state index is 10.4. The van der Waals surface area contributed by atoms with Crippen molar-refractivity contribution < 1.29 is 9.90 Å². The standard InChI is InChI=1S/C8H15N5O2/c1-13-5-11-12-7(13)4-10-3-2-6(9)8(14)15/h5-6,10H,2-4,9H2,1H3,(H,14,15)/t6-/m0/s1. The van der Waals surface area contributed by atoms with E-state index in [0.29, 0.717) is 19.5 Å². The Kier molecular flexibility index (Phi) is 4.19. The van der Waals surface area contributed by atoms with Crippen LogP contribution in [-0.2, 0) is 18.4 Å². The summed E-state index contributed by atoms with van der Waals surface area (Å²) in [6.45, 7) is 1.10. The maximum Gasteiger partial charge on any atom is 0.320 e. The van der Waals surface area contributed by atoms with E-state index in [9.17, 15) is 4.79 Å². The second-order valence-electron chi connectivity index (χ2n) is 3.27. The van der Waals surface area contributed by atoms with Crippen LogP contribution in [0.1, 0.15) is 12.2 Å². The summed E-state index contributed by atoms with van der Waals surface area (Å²) in [5.74, 6) is -0.172. The summed E-state index contributed by atoms with van der Waals surface area (Å²) in [5, 5.41) is 19.2. The molecule has 0 aliphatic heterocycles. The molecule has 7 nitrogen and oxygen atoms in total. The minimum absolute atomic E-state index is 0.396. The summed E-state index contributed by atoms with van der Waals surface area (Å²) >= 11 is 0. The summed E-state index contributed by atoms with van der Waals surface area (Å²) in [7, 11) is 1.85. The van der Waals surface area contributed by atoms with Crippen LogP contribution >= 0.6 is 0 Å². The van der Waals surface area contributed by atoms with Crippen LogP contribution in [0, 0.1) is 0 Å². The molecule has 1 aromatic heterocycles. The van der Waals surface area contributed by atoms with Gasteiger partial charge >= 0.3 is 5.97 Å². The first-order valence-corrected chi connectivity index (χ1v) is 4.63. The quantitative estimate of drug-likeness (QED) is 0.507. The predicted molar refractivity (Wildman–Crippen MR) is 52.9 cm³/mol. The van der Waals surface area contributed by atoms with Crippen molar-refractivity contribution in [1.82, 2.24) is 20.1 Å². The van der Waals surface area contributed by atoms with Crippen molar-refractivity contribution in [2.24, 2.45) is 12.8 Å². The van der Waals surface area contributed by atoms with E-state index in [4.69, 9.17) is 10.8 Å². The zero-order chi connectivity index (χ0) is 11.3. The Balaban J connectivity index is 2.17. The molecular weight excluding hydrogens is 198 g/mol. The van der Waals surface area contributed by atoms with Gasteiger partial charge < -0.3 is 20.7 Å². The molecular formula is C8H15N5O2. The number of hydrogen-bond acceptors (Lipinski definition) is 5. The zero-order valence-corrected chi connectivity index (χ0v) is 8.55. The van der Waals surface area contributed by atoms with Crippen LogP contribution in [0.15, 0.2) is 6.33 Å². The van der Waals surface area contributed by atoms with Gasteiger partial charge in [-0.2, -0.15) is 0 Å². The molecule has 0 fully saturated rings. The molecule has 0 unspecified atom stereocenters. The molecule has 84 valence electrons. The molecule has 7 heteroatoms. The highest BCUT2D eigenvalue weighted by Crippen LogP contribution is 1.91. The maximum atomic E-state index is 10.4. The van der Waals surface area contributed by atoms with Gasteiger partial charge in [0.15, 0.2) is 0 Å². The van der Waals surface area contributed by atoms with Crippen molar-refractivity contribution in [2.45, 2.75) is 19.0 Å². The van der Waals surface area contributed by atoms with Crippen LogP contribution in [0.4, 0.5) is 0 Å². The first-order valence-electron chi connectivity index (χ1n) is 4.63. The number of aryl methyl sites for hydroxylation is 1. The summed E-state index contributed by atoms with van der Waals surface area (Å²) < 4.78 is 1.80. The lowest BCUT2D eigenvalue weighted by Gasteiger charge is -2.07. The van der Waals surface area contributed by atoms with Gasteiger partial charge in [-0.05, 0) is 13.0 Å². The van der Waals surface area contributed by atoms with Crippen LogP contribution in [0.2, 0.25) is 0 Å². The minimum atomic E-state index is -0.976. The molecule has 0 radical (unpaired) electrons. The highest BCUT2D eigenvalue weighted by atomic mass is 16.4. The number of carboxylic acids is 1. The van der Waals surface area contributed by atoms with Crippen molar-refractivity contribution in [1.29, 1.82) is 0 Å². The normalized spacial score (nSPS) is 12.7. The average molecular weight is 213 g/mol. The summed E-state index contributed by atoms with van der Waals surface area (Å²) in [6.07, 6.45) is 2.01. The van der Waals surface area contributed by atoms with E-state index in [-0.39, 0.29) is 0 Å². The van der Waals surface area contributed by atoms with E-state index in [0.717, 1.165) is 5.82 Å². The number of nitrogens with two attached hydrogens (primary N) is 1. The van der Waals surface area contributed by atoms with Crippen LogP contribution < -0.4 is 11.1 Å². The fourth-order valence-corrected chi connectivity index (χ4v) is 1.05. The molecule has 0 bridgehead atoms. The SMILES string of the molecule is Cn1cnnc1CNCC[C@H](N)C(=O)O. The van der Waals surface area contributed by atoms with Crippen LogP contribution in [0.25, 0.3) is 0 Å². The third kappa shape index (κ3) is 3.64. The molecule has 0 aromatic carbocycles. The number of aliphatic carboxylic acids is 1. The Morgan fingerprint density at radius 3 is 3.07 bits per heavy atom. The fourth-order valence-electron chi connectivity index (χ4n) is 1.05. The summed E-state index contributed by atoms with van der Waals surface area (Å²) in [4.78, 5) is 10.4. The molecule has 0 spiro atoms. The van der Waals surface area contributed by atoms with Crippen molar-refractivity contribution in [3.05, 3.63) is 12.2 Å². The number of nitrogens with one attached hydrogen (secondary N) is 1. The Morgan fingerprint density at radius 1 is 1.80 bits per heavy atom. The van der Waals surface area contributed by atoms with Crippen LogP contribution in [0.3, 0.4) is 0 Å². The highest BCUT2D eigenvalue weighted by Gasteiger charge is 2.10.